The predicted molar refractivity (Wildman–Crippen MR) is 74.9 cm³/mol. The molecule has 0 bridgehead atoms. The second-order valence-electron chi connectivity index (χ2n) is 5.25. The van der Waals surface area contributed by atoms with Gasteiger partial charge < -0.3 is 19.1 Å². The molecule has 1 fully saturated rings. The molecule has 0 atom stereocenters. The van der Waals surface area contributed by atoms with E-state index >= 15 is 0 Å². The summed E-state index contributed by atoms with van der Waals surface area (Å²) in [7, 11) is 1.64. The molecule has 0 saturated carbocycles. The number of hydrogen-bond donors (Lipinski definition) is 1. The van der Waals surface area contributed by atoms with E-state index in [1.165, 1.54) is 0 Å². The van der Waals surface area contributed by atoms with Crippen LogP contribution in [0, 0.1) is 6.92 Å². The van der Waals surface area contributed by atoms with Crippen LogP contribution in [-0.4, -0.2) is 35.6 Å². The molecule has 1 aromatic heterocycles. The smallest absolute Gasteiger partial charge is 0.261 e. The summed E-state index contributed by atoms with van der Waals surface area (Å²) in [6.07, 6.45) is 1.37. The Kier molecular flexibility index (Phi) is 3.65. The lowest BCUT2D eigenvalue weighted by molar-refractivity contribution is -0.101. The van der Waals surface area contributed by atoms with Gasteiger partial charge >= 0.3 is 0 Å². The first-order chi connectivity index (χ1) is 10.1. The van der Waals surface area contributed by atoms with Gasteiger partial charge in [0.25, 0.3) is 5.89 Å². The predicted octanol–water partition coefficient (Wildman–Crippen LogP) is 2.40. The zero-order valence-corrected chi connectivity index (χ0v) is 12.1. The van der Waals surface area contributed by atoms with Gasteiger partial charge in [-0.15, -0.1) is 0 Å². The van der Waals surface area contributed by atoms with Crippen LogP contribution in [0.1, 0.15) is 24.2 Å². The van der Waals surface area contributed by atoms with Crippen molar-refractivity contribution in [1.82, 2.24) is 10.1 Å². The van der Waals surface area contributed by atoms with Crippen molar-refractivity contribution in [3.63, 3.8) is 0 Å². The number of hydrogen-bond acceptors (Lipinski definition) is 6. The molecule has 6 heteroatoms. The summed E-state index contributed by atoms with van der Waals surface area (Å²) in [4.78, 5) is 4.43. The van der Waals surface area contributed by atoms with E-state index in [4.69, 9.17) is 14.0 Å². The van der Waals surface area contributed by atoms with Crippen LogP contribution in [0.2, 0.25) is 0 Å². The quantitative estimate of drug-likeness (QED) is 0.935. The van der Waals surface area contributed by atoms with Crippen molar-refractivity contribution in [2.24, 2.45) is 0 Å². The van der Waals surface area contributed by atoms with Crippen LogP contribution in [0.15, 0.2) is 22.7 Å². The summed E-state index contributed by atoms with van der Waals surface area (Å²) in [5, 5.41) is 14.0. The third kappa shape index (κ3) is 2.52. The lowest BCUT2D eigenvalue weighted by Gasteiger charge is -2.32. The first-order valence-electron chi connectivity index (χ1n) is 6.92. The van der Waals surface area contributed by atoms with E-state index in [-0.39, 0.29) is 5.75 Å². The second kappa shape index (κ2) is 5.46. The molecule has 21 heavy (non-hydrogen) atoms. The van der Waals surface area contributed by atoms with E-state index < -0.39 is 5.60 Å². The molecule has 0 radical (unpaired) electrons. The number of aromatic nitrogens is 2. The summed E-state index contributed by atoms with van der Waals surface area (Å²) in [6.45, 7) is 3.15. The Morgan fingerprint density at radius 3 is 2.76 bits per heavy atom. The van der Waals surface area contributed by atoms with Crippen LogP contribution >= 0.6 is 0 Å². The molecule has 112 valence electrons. The Hall–Kier alpha value is -1.92. The molecular weight excluding hydrogens is 272 g/mol. The van der Waals surface area contributed by atoms with Gasteiger partial charge in [0.2, 0.25) is 5.82 Å². The van der Waals surface area contributed by atoms with Crippen molar-refractivity contribution in [3.05, 3.63) is 29.6 Å². The molecule has 3 rings (SSSR count). The summed E-state index contributed by atoms with van der Waals surface area (Å²) in [5.74, 6) is 0.924. The second-order valence-corrected chi connectivity index (χ2v) is 5.25. The number of phenols is 1. The maximum atomic E-state index is 9.95. The Morgan fingerprint density at radius 2 is 2.05 bits per heavy atom. The highest BCUT2D eigenvalue weighted by molar-refractivity contribution is 5.63. The molecule has 0 aliphatic carbocycles. The number of methoxy groups -OCH3 is 1. The molecule has 1 aliphatic heterocycles. The average molecular weight is 290 g/mol. The Bertz CT molecular complexity index is 632. The Labute approximate surface area is 122 Å². The summed E-state index contributed by atoms with van der Waals surface area (Å²) < 4.78 is 16.3. The van der Waals surface area contributed by atoms with Crippen molar-refractivity contribution in [1.29, 1.82) is 0 Å². The molecule has 0 unspecified atom stereocenters. The molecule has 0 spiro atoms. The van der Waals surface area contributed by atoms with Gasteiger partial charge in [-0.1, -0.05) is 16.8 Å². The first-order valence-corrected chi connectivity index (χ1v) is 6.92. The van der Waals surface area contributed by atoms with E-state index in [1.807, 2.05) is 19.1 Å². The van der Waals surface area contributed by atoms with Gasteiger partial charge in [0.1, 0.15) is 11.4 Å². The Balaban J connectivity index is 1.97. The minimum atomic E-state index is -0.570. The van der Waals surface area contributed by atoms with Gasteiger partial charge in [0.15, 0.2) is 0 Å². The SMILES string of the molecule is COC1(c2noc(-c3cc(C)ccc3O)n2)CCOCC1. The van der Waals surface area contributed by atoms with Crippen molar-refractivity contribution in [2.75, 3.05) is 20.3 Å². The standard InChI is InChI=1S/C15H18N2O4/c1-10-3-4-12(18)11(9-10)13-16-14(17-21-13)15(19-2)5-7-20-8-6-15/h3-4,9,18H,5-8H2,1-2H3. The zero-order chi connectivity index (χ0) is 14.9. The van der Waals surface area contributed by atoms with Crippen LogP contribution in [0.3, 0.4) is 0 Å². The number of aryl methyl sites for hydroxylation is 1. The highest BCUT2D eigenvalue weighted by Gasteiger charge is 2.39. The fraction of sp³-hybridized carbons (Fsp3) is 0.467. The average Bonchev–Trinajstić information content (AvgIpc) is 3.00. The largest absolute Gasteiger partial charge is 0.507 e. The zero-order valence-electron chi connectivity index (χ0n) is 12.1. The summed E-state index contributed by atoms with van der Waals surface area (Å²) in [5.41, 5.74) is 0.974. The van der Waals surface area contributed by atoms with Crippen molar-refractivity contribution >= 4 is 0 Å². The minimum Gasteiger partial charge on any atom is -0.507 e. The van der Waals surface area contributed by atoms with Crippen LogP contribution in [0.4, 0.5) is 0 Å². The van der Waals surface area contributed by atoms with Gasteiger partial charge in [0, 0.05) is 33.2 Å². The molecule has 0 amide bonds. The third-order valence-corrected chi connectivity index (χ3v) is 3.91. The fourth-order valence-corrected chi connectivity index (χ4v) is 2.56. The minimum absolute atomic E-state index is 0.120. The van der Waals surface area contributed by atoms with Crippen molar-refractivity contribution in [3.8, 4) is 17.2 Å². The maximum Gasteiger partial charge on any atom is 0.261 e. The maximum absolute atomic E-state index is 9.95. The number of phenolic OH excluding ortho intramolecular Hbond substituents is 1. The fourth-order valence-electron chi connectivity index (χ4n) is 2.56. The number of nitrogens with zero attached hydrogens (tertiary/aromatic N) is 2. The normalized spacial score (nSPS) is 17.8. The number of benzene rings is 1. The summed E-state index contributed by atoms with van der Waals surface area (Å²) in [6, 6.07) is 5.26. The number of aromatic hydroxyl groups is 1. The third-order valence-electron chi connectivity index (χ3n) is 3.91. The monoisotopic (exact) mass is 290 g/mol. The van der Waals surface area contributed by atoms with E-state index in [1.54, 1.807) is 13.2 Å². The van der Waals surface area contributed by atoms with Crippen molar-refractivity contribution in [2.45, 2.75) is 25.4 Å². The van der Waals surface area contributed by atoms with Crippen LogP contribution < -0.4 is 0 Å². The molecule has 1 N–H and O–H groups in total. The van der Waals surface area contributed by atoms with E-state index in [2.05, 4.69) is 10.1 Å². The molecule has 2 aromatic rings. The molecule has 1 saturated heterocycles. The van der Waals surface area contributed by atoms with Gasteiger partial charge in [-0.2, -0.15) is 4.98 Å². The number of ether oxygens (including phenoxy) is 2. The van der Waals surface area contributed by atoms with Crippen LogP contribution in [0.25, 0.3) is 11.5 Å². The van der Waals surface area contributed by atoms with Gasteiger partial charge in [-0.3, -0.25) is 0 Å². The summed E-state index contributed by atoms with van der Waals surface area (Å²) >= 11 is 0. The highest BCUT2D eigenvalue weighted by Crippen LogP contribution is 2.36. The van der Waals surface area contributed by atoms with Gasteiger partial charge in [-0.05, 0) is 19.1 Å². The van der Waals surface area contributed by atoms with Crippen molar-refractivity contribution < 1.29 is 19.1 Å². The highest BCUT2D eigenvalue weighted by atomic mass is 16.5. The molecule has 6 nitrogen and oxygen atoms in total. The first kappa shape index (κ1) is 14.0. The lowest BCUT2D eigenvalue weighted by atomic mass is 9.93. The molecule has 1 aliphatic rings. The molecule has 2 heterocycles. The lowest BCUT2D eigenvalue weighted by Crippen LogP contribution is -2.36. The number of rotatable bonds is 3. The topological polar surface area (TPSA) is 77.6 Å². The van der Waals surface area contributed by atoms with E-state index in [0.717, 1.165) is 5.56 Å². The van der Waals surface area contributed by atoms with Gasteiger partial charge in [-0.25, -0.2) is 0 Å². The Morgan fingerprint density at radius 1 is 1.29 bits per heavy atom. The van der Waals surface area contributed by atoms with Gasteiger partial charge in [0.05, 0.1) is 5.56 Å². The molecular formula is C15H18N2O4. The van der Waals surface area contributed by atoms with E-state index in [0.29, 0.717) is 43.3 Å². The van der Waals surface area contributed by atoms with Crippen LogP contribution in [0.5, 0.6) is 5.75 Å². The van der Waals surface area contributed by atoms with E-state index in [9.17, 15) is 5.11 Å². The molecule has 1 aromatic carbocycles. The van der Waals surface area contributed by atoms with Crippen LogP contribution in [-0.2, 0) is 15.1 Å².